The lowest BCUT2D eigenvalue weighted by molar-refractivity contribution is 0.0908. The average molecular weight is 317 g/mol. The summed E-state index contributed by atoms with van der Waals surface area (Å²) in [5, 5.41) is 9.99. The number of sulfonamides is 1. The van der Waals surface area contributed by atoms with Gasteiger partial charge in [-0.25, -0.2) is 13.1 Å². The van der Waals surface area contributed by atoms with Gasteiger partial charge in [0.05, 0.1) is 10.5 Å². The van der Waals surface area contributed by atoms with Gasteiger partial charge in [-0.2, -0.15) is 11.8 Å². The molecule has 0 saturated carbocycles. The molecule has 1 atom stereocenters. The van der Waals surface area contributed by atoms with Crippen molar-refractivity contribution in [2.24, 2.45) is 0 Å². The second-order valence-corrected chi connectivity index (χ2v) is 8.11. The Morgan fingerprint density at radius 2 is 1.85 bits per heavy atom. The van der Waals surface area contributed by atoms with Crippen LogP contribution >= 0.6 is 11.8 Å². The summed E-state index contributed by atoms with van der Waals surface area (Å²) in [6.45, 7) is 5.73. The van der Waals surface area contributed by atoms with E-state index < -0.39 is 15.6 Å². The van der Waals surface area contributed by atoms with E-state index in [0.29, 0.717) is 11.7 Å². The van der Waals surface area contributed by atoms with Gasteiger partial charge in [-0.05, 0) is 36.8 Å². The molecule has 1 unspecified atom stereocenters. The molecule has 4 nitrogen and oxygen atoms in total. The molecule has 0 heterocycles. The number of aliphatic hydroxyl groups is 1. The van der Waals surface area contributed by atoms with Crippen molar-refractivity contribution in [2.45, 2.75) is 37.2 Å². The van der Waals surface area contributed by atoms with E-state index in [0.717, 1.165) is 5.56 Å². The zero-order chi connectivity index (χ0) is 15.4. The van der Waals surface area contributed by atoms with Crippen molar-refractivity contribution in [3.63, 3.8) is 0 Å². The van der Waals surface area contributed by atoms with E-state index in [1.54, 1.807) is 19.1 Å². The van der Waals surface area contributed by atoms with Crippen molar-refractivity contribution in [1.82, 2.24) is 4.72 Å². The van der Waals surface area contributed by atoms with Crippen molar-refractivity contribution in [2.75, 3.05) is 18.6 Å². The van der Waals surface area contributed by atoms with Crippen LogP contribution in [0.25, 0.3) is 0 Å². The van der Waals surface area contributed by atoms with Gasteiger partial charge in [0.25, 0.3) is 0 Å². The summed E-state index contributed by atoms with van der Waals surface area (Å²) < 4.78 is 26.7. The topological polar surface area (TPSA) is 66.4 Å². The largest absolute Gasteiger partial charge is 0.388 e. The molecule has 0 spiro atoms. The Balaban J connectivity index is 2.79. The molecule has 0 amide bonds. The first-order valence-electron chi connectivity index (χ1n) is 6.49. The van der Waals surface area contributed by atoms with Gasteiger partial charge in [0.1, 0.15) is 0 Å². The highest BCUT2D eigenvalue weighted by atomic mass is 32.2. The minimum Gasteiger partial charge on any atom is -0.388 e. The minimum atomic E-state index is -3.57. The molecule has 0 fully saturated rings. The molecule has 114 valence electrons. The predicted octanol–water partition coefficient (Wildman–Crippen LogP) is 2.20. The zero-order valence-electron chi connectivity index (χ0n) is 12.4. The van der Waals surface area contributed by atoms with Crippen LogP contribution in [0.1, 0.15) is 32.3 Å². The maximum Gasteiger partial charge on any atom is 0.240 e. The van der Waals surface area contributed by atoms with Crippen LogP contribution in [-0.2, 0) is 10.0 Å². The molecule has 0 aliphatic carbocycles. The maximum atomic E-state index is 12.1. The van der Waals surface area contributed by atoms with Crippen LogP contribution in [-0.4, -0.2) is 37.7 Å². The molecule has 1 aromatic carbocycles. The van der Waals surface area contributed by atoms with E-state index in [-0.39, 0.29) is 11.4 Å². The summed E-state index contributed by atoms with van der Waals surface area (Å²) in [5.74, 6) is 0.837. The van der Waals surface area contributed by atoms with Gasteiger partial charge >= 0.3 is 0 Å². The van der Waals surface area contributed by atoms with Crippen molar-refractivity contribution in [1.29, 1.82) is 0 Å². The second-order valence-electron chi connectivity index (χ2n) is 5.48. The summed E-state index contributed by atoms with van der Waals surface area (Å²) in [7, 11) is -3.57. The Kier molecular flexibility index (Phi) is 6.06. The normalized spacial score (nSPS) is 15.3. The third kappa shape index (κ3) is 5.09. The summed E-state index contributed by atoms with van der Waals surface area (Å²) >= 11 is 1.48. The molecule has 0 bridgehead atoms. The van der Waals surface area contributed by atoms with Crippen LogP contribution in [0, 0.1) is 0 Å². The summed E-state index contributed by atoms with van der Waals surface area (Å²) in [5.41, 5.74) is 0.0444. The molecule has 0 saturated heterocycles. The Morgan fingerprint density at radius 1 is 1.30 bits per heavy atom. The van der Waals surface area contributed by atoms with E-state index in [9.17, 15) is 13.5 Å². The van der Waals surface area contributed by atoms with Crippen LogP contribution in [0.4, 0.5) is 0 Å². The van der Waals surface area contributed by atoms with Crippen LogP contribution in [0.15, 0.2) is 29.2 Å². The number of hydrogen-bond acceptors (Lipinski definition) is 4. The number of rotatable bonds is 7. The minimum absolute atomic E-state index is 0.00209. The smallest absolute Gasteiger partial charge is 0.240 e. The van der Waals surface area contributed by atoms with Gasteiger partial charge < -0.3 is 5.11 Å². The quantitative estimate of drug-likeness (QED) is 0.809. The van der Waals surface area contributed by atoms with E-state index in [2.05, 4.69) is 18.6 Å². The van der Waals surface area contributed by atoms with Crippen LogP contribution in [0.5, 0.6) is 0 Å². The highest BCUT2D eigenvalue weighted by Crippen LogP contribution is 2.18. The summed E-state index contributed by atoms with van der Waals surface area (Å²) in [4.78, 5) is 0.224. The zero-order valence-corrected chi connectivity index (χ0v) is 14.0. The van der Waals surface area contributed by atoms with Gasteiger partial charge in [-0.15, -0.1) is 0 Å². The highest BCUT2D eigenvalue weighted by Gasteiger charge is 2.23. The maximum absolute atomic E-state index is 12.1. The lowest BCUT2D eigenvalue weighted by atomic mass is 10.0. The van der Waals surface area contributed by atoms with E-state index >= 15 is 0 Å². The fourth-order valence-electron chi connectivity index (χ4n) is 1.73. The molecule has 1 rings (SSSR count). The van der Waals surface area contributed by atoms with E-state index in [1.807, 2.05) is 18.4 Å². The van der Waals surface area contributed by atoms with Crippen molar-refractivity contribution < 1.29 is 13.5 Å². The second kappa shape index (κ2) is 6.93. The Morgan fingerprint density at radius 3 is 2.30 bits per heavy atom. The molecule has 0 aliphatic heterocycles. The van der Waals surface area contributed by atoms with Crippen LogP contribution < -0.4 is 4.72 Å². The Bertz CT molecular complexity index is 522. The molecule has 1 aromatic rings. The molecule has 20 heavy (non-hydrogen) atoms. The van der Waals surface area contributed by atoms with Gasteiger partial charge in [-0.3, -0.25) is 0 Å². The molecular weight excluding hydrogens is 294 g/mol. The highest BCUT2D eigenvalue weighted by molar-refractivity contribution is 7.98. The molecule has 0 aromatic heterocycles. The predicted molar refractivity (Wildman–Crippen MR) is 84.7 cm³/mol. The van der Waals surface area contributed by atoms with Crippen molar-refractivity contribution in [3.05, 3.63) is 29.8 Å². The number of thioether (sulfide) groups is 1. The monoisotopic (exact) mass is 317 g/mol. The van der Waals surface area contributed by atoms with Crippen molar-refractivity contribution in [3.8, 4) is 0 Å². The van der Waals surface area contributed by atoms with Crippen molar-refractivity contribution >= 4 is 21.8 Å². The lowest BCUT2D eigenvalue weighted by Gasteiger charge is -2.22. The number of benzene rings is 1. The van der Waals surface area contributed by atoms with Gasteiger partial charge in [0.2, 0.25) is 10.0 Å². The first kappa shape index (κ1) is 17.5. The summed E-state index contributed by atoms with van der Waals surface area (Å²) in [6, 6.07) is 6.83. The van der Waals surface area contributed by atoms with E-state index in [4.69, 9.17) is 0 Å². The third-order valence-electron chi connectivity index (χ3n) is 2.96. The fourth-order valence-corrected chi connectivity index (χ4v) is 3.61. The summed E-state index contributed by atoms with van der Waals surface area (Å²) in [6.07, 6.45) is 1.87. The molecular formula is C14H23NO3S2. The lowest BCUT2D eigenvalue weighted by Crippen LogP contribution is -2.42. The van der Waals surface area contributed by atoms with Crippen LogP contribution in [0.2, 0.25) is 0 Å². The van der Waals surface area contributed by atoms with Crippen LogP contribution in [0.3, 0.4) is 0 Å². The first-order chi connectivity index (χ1) is 9.18. The molecule has 6 heteroatoms. The Hall–Kier alpha value is -0.560. The van der Waals surface area contributed by atoms with E-state index in [1.165, 1.54) is 11.8 Å². The average Bonchev–Trinajstić information content (AvgIpc) is 2.37. The molecule has 0 aliphatic rings. The first-order valence-corrected chi connectivity index (χ1v) is 9.36. The Labute approximate surface area is 126 Å². The SMILES string of the molecule is CSCC(C)(O)CNS(=O)(=O)c1ccc(C(C)C)cc1. The third-order valence-corrected chi connectivity index (χ3v) is 5.28. The van der Waals surface area contributed by atoms with Gasteiger partial charge in [0, 0.05) is 12.3 Å². The number of nitrogens with one attached hydrogen (secondary N) is 1. The standard InChI is InChI=1S/C14H23NO3S2/c1-11(2)12-5-7-13(8-6-12)20(17,18)15-9-14(3,16)10-19-4/h5-8,11,15-16H,9-10H2,1-4H3. The number of hydrogen-bond donors (Lipinski definition) is 2. The van der Waals surface area contributed by atoms with Gasteiger partial charge in [-0.1, -0.05) is 26.0 Å². The van der Waals surface area contributed by atoms with Gasteiger partial charge in [0.15, 0.2) is 0 Å². The molecule has 0 radical (unpaired) electrons. The fraction of sp³-hybridized carbons (Fsp3) is 0.571. The molecule has 2 N–H and O–H groups in total.